The first-order chi connectivity index (χ1) is 15.1. The number of pyridine rings is 2. The maximum absolute atomic E-state index is 13.0. The highest BCUT2D eigenvalue weighted by molar-refractivity contribution is 6.04. The second kappa shape index (κ2) is 7.48. The zero-order chi connectivity index (χ0) is 21.4. The van der Waals surface area contributed by atoms with Crippen molar-refractivity contribution in [3.63, 3.8) is 0 Å². The molecule has 0 aromatic carbocycles. The molecule has 0 saturated heterocycles. The van der Waals surface area contributed by atoms with Crippen LogP contribution in [-0.4, -0.2) is 31.2 Å². The third-order valence-electron chi connectivity index (χ3n) is 4.60. The Labute approximate surface area is 174 Å². The maximum Gasteiger partial charge on any atom is 0.339 e. The summed E-state index contributed by atoms with van der Waals surface area (Å²) in [6, 6.07) is 8.60. The number of carbonyl (C=O) groups is 1. The van der Waals surface area contributed by atoms with E-state index in [2.05, 4.69) is 25.3 Å². The minimum Gasteiger partial charge on any atom is -0.463 e. The van der Waals surface area contributed by atoms with Gasteiger partial charge in [-0.15, -0.1) is 0 Å². The van der Waals surface area contributed by atoms with Crippen molar-refractivity contribution in [2.45, 2.75) is 20.0 Å². The fourth-order valence-corrected chi connectivity index (χ4v) is 3.09. The van der Waals surface area contributed by atoms with Crippen molar-refractivity contribution in [3.05, 3.63) is 66.1 Å². The lowest BCUT2D eigenvalue weighted by molar-refractivity contribution is 0.0267. The van der Waals surface area contributed by atoms with Crippen LogP contribution in [0.3, 0.4) is 0 Å². The van der Waals surface area contributed by atoms with Gasteiger partial charge in [0.25, 0.3) is 11.6 Å². The number of fused-ring (bicyclic) bond motifs is 1. The summed E-state index contributed by atoms with van der Waals surface area (Å²) in [7, 11) is 0. The number of esters is 1. The molecule has 0 aliphatic rings. The summed E-state index contributed by atoms with van der Waals surface area (Å²) in [5.74, 6) is 0.384. The van der Waals surface area contributed by atoms with E-state index in [-0.39, 0.29) is 17.2 Å². The van der Waals surface area contributed by atoms with Gasteiger partial charge in [0.15, 0.2) is 11.9 Å². The Kier molecular flexibility index (Phi) is 4.51. The van der Waals surface area contributed by atoms with Gasteiger partial charge >= 0.3 is 5.97 Å². The van der Waals surface area contributed by atoms with Crippen molar-refractivity contribution in [1.29, 1.82) is 0 Å². The molecule has 1 atom stereocenters. The second-order valence-electron chi connectivity index (χ2n) is 6.73. The van der Waals surface area contributed by atoms with Crippen molar-refractivity contribution in [2.24, 2.45) is 0 Å². The van der Waals surface area contributed by atoms with Crippen LogP contribution in [-0.2, 0) is 4.74 Å². The van der Waals surface area contributed by atoms with Gasteiger partial charge in [-0.05, 0) is 44.2 Å². The zero-order valence-electron chi connectivity index (χ0n) is 16.5. The van der Waals surface area contributed by atoms with Crippen molar-refractivity contribution >= 4 is 17.1 Å². The normalized spacial score (nSPS) is 12.2. The van der Waals surface area contributed by atoms with Gasteiger partial charge in [0.2, 0.25) is 5.82 Å². The molecule has 10 nitrogen and oxygen atoms in total. The lowest BCUT2D eigenvalue weighted by Gasteiger charge is -2.10. The Hall–Kier alpha value is -4.34. The molecule has 5 aromatic heterocycles. The summed E-state index contributed by atoms with van der Waals surface area (Å²) in [5.41, 5.74) is 2.08. The molecule has 0 bridgehead atoms. The predicted octanol–water partition coefficient (Wildman–Crippen LogP) is 4.15. The number of rotatable bonds is 5. The maximum atomic E-state index is 13.0. The summed E-state index contributed by atoms with van der Waals surface area (Å²) in [6.45, 7) is 3.36. The van der Waals surface area contributed by atoms with Crippen LogP contribution in [0.1, 0.15) is 35.0 Å². The number of ether oxygens (including phenoxy) is 1. The smallest absolute Gasteiger partial charge is 0.339 e. The molecule has 0 radical (unpaired) electrons. The van der Waals surface area contributed by atoms with Gasteiger partial charge in [0, 0.05) is 18.0 Å². The first-order valence-corrected chi connectivity index (χ1v) is 9.36. The lowest BCUT2D eigenvalue weighted by atomic mass is 10.1. The predicted molar refractivity (Wildman–Crippen MR) is 106 cm³/mol. The van der Waals surface area contributed by atoms with Crippen LogP contribution in [0.2, 0.25) is 0 Å². The van der Waals surface area contributed by atoms with Gasteiger partial charge in [0.1, 0.15) is 5.69 Å². The molecule has 0 spiro atoms. The molecule has 0 aliphatic carbocycles. The highest BCUT2D eigenvalue weighted by atomic mass is 16.6. The molecule has 154 valence electrons. The van der Waals surface area contributed by atoms with E-state index in [1.165, 1.54) is 6.26 Å². The molecule has 0 saturated carbocycles. The number of hydrogen-bond acceptors (Lipinski definition) is 10. The van der Waals surface area contributed by atoms with Crippen LogP contribution in [0.15, 0.2) is 62.5 Å². The molecule has 10 heteroatoms. The third-order valence-corrected chi connectivity index (χ3v) is 4.60. The number of aromatic nitrogens is 5. The molecule has 1 unspecified atom stereocenters. The van der Waals surface area contributed by atoms with E-state index in [4.69, 9.17) is 18.2 Å². The summed E-state index contributed by atoms with van der Waals surface area (Å²) in [4.78, 5) is 25.8. The van der Waals surface area contributed by atoms with Gasteiger partial charge in [-0.1, -0.05) is 10.3 Å². The summed E-state index contributed by atoms with van der Waals surface area (Å²) < 4.78 is 21.5. The van der Waals surface area contributed by atoms with E-state index in [9.17, 15) is 4.79 Å². The quantitative estimate of drug-likeness (QED) is 0.384. The summed E-state index contributed by atoms with van der Waals surface area (Å²) in [5, 5.41) is 8.31. The van der Waals surface area contributed by atoms with Gasteiger partial charge in [0.05, 0.1) is 22.9 Å². The zero-order valence-corrected chi connectivity index (χ0v) is 16.5. The van der Waals surface area contributed by atoms with E-state index < -0.39 is 12.1 Å². The number of aryl methyl sites for hydroxylation is 1. The Morgan fingerprint density at radius 3 is 2.81 bits per heavy atom. The molecule has 5 rings (SSSR count). The van der Waals surface area contributed by atoms with Crippen LogP contribution in [0.5, 0.6) is 0 Å². The fourth-order valence-electron chi connectivity index (χ4n) is 3.09. The van der Waals surface area contributed by atoms with Crippen LogP contribution >= 0.6 is 0 Å². The highest BCUT2D eigenvalue weighted by Gasteiger charge is 2.25. The average molecular weight is 417 g/mol. The molecular weight excluding hydrogens is 402 g/mol. The summed E-state index contributed by atoms with van der Waals surface area (Å²) >= 11 is 0. The Morgan fingerprint density at radius 1 is 1.13 bits per heavy atom. The highest BCUT2D eigenvalue weighted by Crippen LogP contribution is 2.29. The molecule has 31 heavy (non-hydrogen) atoms. The van der Waals surface area contributed by atoms with Crippen LogP contribution in [0.4, 0.5) is 0 Å². The Morgan fingerprint density at radius 2 is 2.03 bits per heavy atom. The number of hydrogen-bond donors (Lipinski definition) is 0. The summed E-state index contributed by atoms with van der Waals surface area (Å²) in [6.07, 6.45) is 3.99. The minimum atomic E-state index is -0.791. The van der Waals surface area contributed by atoms with E-state index in [0.717, 1.165) is 0 Å². The van der Waals surface area contributed by atoms with E-state index in [1.807, 2.05) is 0 Å². The Bertz CT molecular complexity index is 1360. The standard InChI is InChI=1S/C21H15N5O5/c1-11-17-14(9-15(16-6-4-8-28-16)23-20(17)31-25-11)21(27)29-12(2)19-24-18(26-30-19)13-5-3-7-22-10-13/h3-10,12H,1-2H3. The van der Waals surface area contributed by atoms with Gasteiger partial charge in [-0.2, -0.15) is 4.98 Å². The van der Waals surface area contributed by atoms with Crippen molar-refractivity contribution in [3.8, 4) is 22.8 Å². The lowest BCUT2D eigenvalue weighted by Crippen LogP contribution is -2.11. The van der Waals surface area contributed by atoms with Gasteiger partial charge in [-0.3, -0.25) is 4.98 Å². The number of nitrogens with zero attached hydrogens (tertiary/aromatic N) is 5. The van der Waals surface area contributed by atoms with E-state index in [1.54, 1.807) is 56.6 Å². The first-order valence-electron chi connectivity index (χ1n) is 9.36. The number of furan rings is 1. The van der Waals surface area contributed by atoms with E-state index in [0.29, 0.717) is 33.9 Å². The van der Waals surface area contributed by atoms with E-state index >= 15 is 0 Å². The molecule has 0 aliphatic heterocycles. The molecular formula is C21H15N5O5. The van der Waals surface area contributed by atoms with Crippen LogP contribution < -0.4 is 0 Å². The SMILES string of the molecule is Cc1noc2nc(-c3ccco3)cc(C(=O)OC(C)c3nc(-c4cccnc4)no3)c12. The minimum absolute atomic E-state index is 0.158. The first kappa shape index (κ1) is 18.7. The molecule has 0 amide bonds. The van der Waals surface area contributed by atoms with Gasteiger partial charge in [-0.25, -0.2) is 9.78 Å². The second-order valence-corrected chi connectivity index (χ2v) is 6.73. The van der Waals surface area contributed by atoms with Gasteiger partial charge < -0.3 is 18.2 Å². The Balaban J connectivity index is 1.45. The topological polar surface area (TPSA) is 130 Å². The molecule has 0 fully saturated rings. The molecule has 5 aromatic rings. The molecule has 0 N–H and O–H groups in total. The molecule has 5 heterocycles. The largest absolute Gasteiger partial charge is 0.463 e. The third kappa shape index (κ3) is 3.44. The van der Waals surface area contributed by atoms with Crippen molar-refractivity contribution < 1.29 is 23.0 Å². The van der Waals surface area contributed by atoms with Crippen LogP contribution in [0.25, 0.3) is 33.9 Å². The van der Waals surface area contributed by atoms with Crippen LogP contribution in [0, 0.1) is 6.92 Å². The number of carbonyl (C=O) groups excluding carboxylic acids is 1. The average Bonchev–Trinajstić information content (AvgIpc) is 3.55. The fraction of sp³-hybridized carbons (Fsp3) is 0.143. The van der Waals surface area contributed by atoms with Crippen molar-refractivity contribution in [2.75, 3.05) is 0 Å². The monoisotopic (exact) mass is 417 g/mol. The van der Waals surface area contributed by atoms with Crippen molar-refractivity contribution in [1.82, 2.24) is 25.3 Å².